The van der Waals surface area contributed by atoms with Crippen LogP contribution in [0.15, 0.2) is 40.5 Å². The van der Waals surface area contributed by atoms with Crippen LogP contribution in [0, 0.1) is 11.8 Å². The second-order valence-corrected chi connectivity index (χ2v) is 5.68. The van der Waals surface area contributed by atoms with E-state index in [1.807, 2.05) is 25.1 Å². The molecular formula is C17H20N2O2. The van der Waals surface area contributed by atoms with Gasteiger partial charge in [0.05, 0.1) is 6.61 Å². The van der Waals surface area contributed by atoms with Crippen LogP contribution in [-0.2, 0) is 16.0 Å². The highest BCUT2D eigenvalue weighted by molar-refractivity contribution is 6.37. The molecule has 1 aromatic carbocycles. The summed E-state index contributed by atoms with van der Waals surface area (Å²) >= 11 is 0. The number of hydrogen-bond acceptors (Lipinski definition) is 4. The van der Waals surface area contributed by atoms with E-state index >= 15 is 0 Å². The van der Waals surface area contributed by atoms with Crippen LogP contribution in [0.1, 0.15) is 31.7 Å². The van der Waals surface area contributed by atoms with E-state index in [-0.39, 0.29) is 11.9 Å². The third-order valence-electron chi connectivity index (χ3n) is 4.30. The number of carbonyl (C=O) groups excluding carboxylic acids is 1. The summed E-state index contributed by atoms with van der Waals surface area (Å²) in [4.78, 5) is 12.0. The van der Waals surface area contributed by atoms with Gasteiger partial charge in [0.25, 0.3) is 0 Å². The molecule has 0 amide bonds. The number of esters is 1. The topological polar surface area (TPSA) is 51.0 Å². The van der Waals surface area contributed by atoms with Crippen LogP contribution in [-0.4, -0.2) is 24.0 Å². The highest BCUT2D eigenvalue weighted by Gasteiger charge is 2.40. The van der Waals surface area contributed by atoms with E-state index in [9.17, 15) is 4.79 Å². The predicted molar refractivity (Wildman–Crippen MR) is 82.5 cm³/mol. The molecular weight excluding hydrogens is 264 g/mol. The Kier molecular flexibility index (Phi) is 4.13. The SMILES string of the molecule is CCOC(=O)C1=NN=C(Cc2ccccc2)CC2CCC12. The van der Waals surface area contributed by atoms with Gasteiger partial charge in [-0.2, -0.15) is 5.10 Å². The summed E-state index contributed by atoms with van der Waals surface area (Å²) in [6, 6.07) is 10.3. The molecule has 4 nitrogen and oxygen atoms in total. The quantitative estimate of drug-likeness (QED) is 0.798. The lowest BCUT2D eigenvalue weighted by molar-refractivity contribution is -0.135. The van der Waals surface area contributed by atoms with E-state index < -0.39 is 0 Å². The Morgan fingerprint density at radius 3 is 2.71 bits per heavy atom. The smallest absolute Gasteiger partial charge is 0.354 e. The molecule has 1 aliphatic heterocycles. The molecule has 1 aromatic rings. The average Bonchev–Trinajstić information content (AvgIpc) is 2.59. The third kappa shape index (κ3) is 3.04. The first-order valence-electron chi connectivity index (χ1n) is 7.62. The number of benzene rings is 1. The molecule has 0 aromatic heterocycles. The molecule has 21 heavy (non-hydrogen) atoms. The van der Waals surface area contributed by atoms with Crippen LogP contribution in [0.5, 0.6) is 0 Å². The maximum absolute atomic E-state index is 12.0. The molecule has 2 unspecified atom stereocenters. The maximum atomic E-state index is 12.0. The van der Waals surface area contributed by atoms with Gasteiger partial charge in [-0.3, -0.25) is 0 Å². The van der Waals surface area contributed by atoms with Crippen LogP contribution in [0.3, 0.4) is 0 Å². The molecule has 1 fully saturated rings. The summed E-state index contributed by atoms with van der Waals surface area (Å²) < 4.78 is 5.10. The fourth-order valence-corrected chi connectivity index (χ4v) is 3.05. The van der Waals surface area contributed by atoms with Crippen LogP contribution in [0.2, 0.25) is 0 Å². The standard InChI is InChI=1S/C17H20N2O2/c1-2-21-17(20)16-15-9-8-13(15)11-14(18-19-16)10-12-6-4-3-5-7-12/h3-7,13,15H,2,8-11H2,1H3. The Morgan fingerprint density at radius 1 is 1.24 bits per heavy atom. The molecule has 0 saturated heterocycles. The third-order valence-corrected chi connectivity index (χ3v) is 4.30. The van der Waals surface area contributed by atoms with Crippen molar-refractivity contribution < 1.29 is 9.53 Å². The molecule has 2 atom stereocenters. The lowest BCUT2D eigenvalue weighted by Gasteiger charge is -2.35. The van der Waals surface area contributed by atoms with Crippen molar-refractivity contribution in [2.75, 3.05) is 6.61 Å². The van der Waals surface area contributed by atoms with Gasteiger partial charge in [0.15, 0.2) is 5.71 Å². The highest BCUT2D eigenvalue weighted by atomic mass is 16.5. The molecule has 1 heterocycles. The monoisotopic (exact) mass is 284 g/mol. The summed E-state index contributed by atoms with van der Waals surface area (Å²) in [7, 11) is 0. The lowest BCUT2D eigenvalue weighted by Crippen LogP contribution is -2.38. The zero-order chi connectivity index (χ0) is 14.7. The zero-order valence-corrected chi connectivity index (χ0v) is 12.3. The van der Waals surface area contributed by atoms with E-state index in [4.69, 9.17) is 4.74 Å². The second kappa shape index (κ2) is 6.20. The molecule has 3 rings (SSSR count). The minimum Gasteiger partial charge on any atom is -0.461 e. The summed E-state index contributed by atoms with van der Waals surface area (Å²) in [6.45, 7) is 2.20. The normalized spacial score (nSPS) is 24.0. The Balaban J connectivity index is 1.78. The molecule has 0 spiro atoms. The lowest BCUT2D eigenvalue weighted by atomic mass is 9.68. The van der Waals surface area contributed by atoms with Crippen LogP contribution >= 0.6 is 0 Å². The number of carbonyl (C=O) groups is 1. The minimum absolute atomic E-state index is 0.237. The number of nitrogens with zero attached hydrogens (tertiary/aromatic N) is 2. The van der Waals surface area contributed by atoms with Crippen molar-refractivity contribution in [3.05, 3.63) is 35.9 Å². The van der Waals surface area contributed by atoms with Crippen molar-refractivity contribution in [3.8, 4) is 0 Å². The van der Waals surface area contributed by atoms with Gasteiger partial charge >= 0.3 is 5.97 Å². The summed E-state index contributed by atoms with van der Waals surface area (Å²) in [5, 5.41) is 8.58. The van der Waals surface area contributed by atoms with E-state index in [1.165, 1.54) is 5.56 Å². The van der Waals surface area contributed by atoms with Gasteiger partial charge in [-0.25, -0.2) is 4.79 Å². The highest BCUT2D eigenvalue weighted by Crippen LogP contribution is 2.40. The first kappa shape index (κ1) is 14.0. The molecule has 2 aliphatic rings. The second-order valence-electron chi connectivity index (χ2n) is 5.68. The van der Waals surface area contributed by atoms with Gasteiger partial charge in [0.2, 0.25) is 0 Å². The first-order chi connectivity index (χ1) is 10.3. The molecule has 0 radical (unpaired) electrons. The number of fused-ring (bicyclic) bond motifs is 1. The van der Waals surface area contributed by atoms with Crippen molar-refractivity contribution in [2.24, 2.45) is 22.0 Å². The Labute approximate surface area is 124 Å². The molecule has 0 bridgehead atoms. The van der Waals surface area contributed by atoms with Gasteiger partial charge in [0.1, 0.15) is 0 Å². The number of rotatable bonds is 4. The average molecular weight is 284 g/mol. The van der Waals surface area contributed by atoms with Crippen LogP contribution in [0.4, 0.5) is 0 Å². The molecule has 110 valence electrons. The minimum atomic E-state index is -0.295. The van der Waals surface area contributed by atoms with E-state index in [2.05, 4.69) is 22.3 Å². The Bertz CT molecular complexity index is 578. The summed E-state index contributed by atoms with van der Waals surface area (Å²) in [5.74, 6) is 0.441. The fourth-order valence-electron chi connectivity index (χ4n) is 3.05. The molecule has 1 saturated carbocycles. The summed E-state index contributed by atoms with van der Waals surface area (Å²) in [6.07, 6.45) is 3.92. The molecule has 1 aliphatic carbocycles. The van der Waals surface area contributed by atoms with E-state index in [0.717, 1.165) is 31.4 Å². The van der Waals surface area contributed by atoms with Crippen LogP contribution in [0.25, 0.3) is 0 Å². The van der Waals surface area contributed by atoms with Crippen LogP contribution < -0.4 is 0 Å². The number of hydrogen-bond donors (Lipinski definition) is 0. The predicted octanol–water partition coefficient (Wildman–Crippen LogP) is 3.02. The Morgan fingerprint density at radius 2 is 2.05 bits per heavy atom. The summed E-state index contributed by atoms with van der Waals surface area (Å²) in [5.41, 5.74) is 2.83. The molecule has 0 N–H and O–H groups in total. The maximum Gasteiger partial charge on any atom is 0.354 e. The van der Waals surface area contributed by atoms with Crippen molar-refractivity contribution in [1.29, 1.82) is 0 Å². The van der Waals surface area contributed by atoms with Crippen molar-refractivity contribution in [1.82, 2.24) is 0 Å². The van der Waals surface area contributed by atoms with Crippen molar-refractivity contribution in [2.45, 2.75) is 32.6 Å². The van der Waals surface area contributed by atoms with Gasteiger partial charge < -0.3 is 4.74 Å². The number of ether oxygens (including phenoxy) is 1. The van der Waals surface area contributed by atoms with Gasteiger partial charge in [-0.05, 0) is 37.7 Å². The fraction of sp³-hybridized carbons (Fsp3) is 0.471. The van der Waals surface area contributed by atoms with Crippen molar-refractivity contribution in [3.63, 3.8) is 0 Å². The van der Waals surface area contributed by atoms with E-state index in [0.29, 0.717) is 18.2 Å². The molecule has 4 heteroatoms. The van der Waals surface area contributed by atoms with Gasteiger partial charge in [-0.15, -0.1) is 5.10 Å². The van der Waals surface area contributed by atoms with Gasteiger partial charge in [-0.1, -0.05) is 30.3 Å². The zero-order valence-electron chi connectivity index (χ0n) is 12.3. The largest absolute Gasteiger partial charge is 0.461 e. The van der Waals surface area contributed by atoms with Crippen molar-refractivity contribution >= 4 is 17.4 Å². The first-order valence-corrected chi connectivity index (χ1v) is 7.62. The van der Waals surface area contributed by atoms with Gasteiger partial charge in [0, 0.05) is 18.1 Å². The Hall–Kier alpha value is -1.97. The van der Waals surface area contributed by atoms with E-state index in [1.54, 1.807) is 0 Å².